The fourth-order valence-electron chi connectivity index (χ4n) is 2.65. The molecule has 2 heterocycles. The molecule has 2 rings (SSSR count). The van der Waals surface area contributed by atoms with Crippen molar-refractivity contribution in [3.8, 4) is 0 Å². The van der Waals surface area contributed by atoms with Crippen molar-refractivity contribution in [3.05, 3.63) is 27.0 Å². The lowest BCUT2D eigenvalue weighted by molar-refractivity contribution is -0.132. The summed E-state index contributed by atoms with van der Waals surface area (Å²) in [5.74, 6) is -0.326. The molecule has 0 aliphatic carbocycles. The number of hydrogen-bond donors (Lipinski definition) is 0. The summed E-state index contributed by atoms with van der Waals surface area (Å²) in [6, 6.07) is -0.822. The summed E-state index contributed by atoms with van der Waals surface area (Å²) in [4.78, 5) is 36.9. The van der Waals surface area contributed by atoms with E-state index < -0.39 is 32.2 Å². The zero-order chi connectivity index (χ0) is 17.5. The van der Waals surface area contributed by atoms with Gasteiger partial charge in [-0.15, -0.1) is 0 Å². The van der Waals surface area contributed by atoms with Crippen LogP contribution in [0.1, 0.15) is 12.8 Å². The van der Waals surface area contributed by atoms with E-state index >= 15 is 0 Å². The molecular weight excluding hydrogens is 324 g/mol. The second-order valence-corrected chi connectivity index (χ2v) is 7.62. The van der Waals surface area contributed by atoms with Gasteiger partial charge in [0.25, 0.3) is 15.6 Å². The molecule has 0 aromatic carbocycles. The van der Waals surface area contributed by atoms with Crippen LogP contribution >= 0.6 is 0 Å². The van der Waals surface area contributed by atoms with Crippen LogP contribution in [0, 0.1) is 0 Å². The highest BCUT2D eigenvalue weighted by Crippen LogP contribution is 2.25. The predicted octanol–water partition coefficient (Wildman–Crippen LogP) is -1.67. The molecule has 1 atom stereocenters. The van der Waals surface area contributed by atoms with Gasteiger partial charge < -0.3 is 9.47 Å². The monoisotopic (exact) mass is 344 g/mol. The Hall–Kier alpha value is -1.94. The molecule has 1 aliphatic heterocycles. The number of aryl methyl sites for hydroxylation is 1. The topological polar surface area (TPSA) is 102 Å². The molecule has 23 heavy (non-hydrogen) atoms. The third-order valence-corrected chi connectivity index (χ3v) is 5.82. The van der Waals surface area contributed by atoms with Crippen molar-refractivity contribution < 1.29 is 13.2 Å². The average molecular weight is 344 g/mol. The molecule has 1 aliphatic rings. The molecule has 128 valence electrons. The fraction of sp³-hybridized carbons (Fsp3) is 0.615. The quantitative estimate of drug-likeness (QED) is 0.652. The van der Waals surface area contributed by atoms with Crippen LogP contribution in [0.2, 0.25) is 0 Å². The summed E-state index contributed by atoms with van der Waals surface area (Å²) in [5.41, 5.74) is -1.51. The van der Waals surface area contributed by atoms with E-state index in [1.54, 1.807) is 14.1 Å². The molecular formula is C13H20N4O5S. The minimum absolute atomic E-state index is 0.165. The molecule has 0 spiro atoms. The van der Waals surface area contributed by atoms with Gasteiger partial charge in [-0.05, 0) is 12.8 Å². The van der Waals surface area contributed by atoms with E-state index in [2.05, 4.69) is 0 Å². The number of rotatable bonds is 3. The molecule has 1 amide bonds. The lowest BCUT2D eigenvalue weighted by Gasteiger charge is -2.25. The Kier molecular flexibility index (Phi) is 4.49. The van der Waals surface area contributed by atoms with Gasteiger partial charge in [0.2, 0.25) is 5.91 Å². The normalized spacial score (nSPS) is 19.0. The predicted molar refractivity (Wildman–Crippen MR) is 82.5 cm³/mol. The highest BCUT2D eigenvalue weighted by Gasteiger charge is 2.41. The molecule has 9 nitrogen and oxygen atoms in total. The lowest BCUT2D eigenvalue weighted by Crippen LogP contribution is -2.48. The Morgan fingerprint density at radius 2 is 1.87 bits per heavy atom. The summed E-state index contributed by atoms with van der Waals surface area (Å²) < 4.78 is 28.5. The van der Waals surface area contributed by atoms with Gasteiger partial charge in [-0.1, -0.05) is 0 Å². The molecule has 1 aromatic heterocycles. The maximum absolute atomic E-state index is 12.8. The van der Waals surface area contributed by atoms with Gasteiger partial charge in [0.15, 0.2) is 4.90 Å². The van der Waals surface area contributed by atoms with E-state index in [0.29, 0.717) is 12.8 Å². The number of aromatic nitrogens is 2. The number of hydrogen-bond acceptors (Lipinski definition) is 5. The second kappa shape index (κ2) is 5.93. The number of carbonyl (C=O) groups is 1. The van der Waals surface area contributed by atoms with Gasteiger partial charge in [0.1, 0.15) is 6.04 Å². The van der Waals surface area contributed by atoms with Crippen molar-refractivity contribution >= 4 is 15.9 Å². The van der Waals surface area contributed by atoms with E-state index in [-0.39, 0.29) is 12.5 Å². The molecule has 0 bridgehead atoms. The molecule has 0 N–H and O–H groups in total. The van der Waals surface area contributed by atoms with Crippen molar-refractivity contribution in [1.82, 2.24) is 18.3 Å². The van der Waals surface area contributed by atoms with E-state index in [0.717, 1.165) is 19.6 Å². The molecule has 1 unspecified atom stereocenters. The maximum Gasteiger partial charge on any atom is 0.330 e. The summed E-state index contributed by atoms with van der Waals surface area (Å²) in [6.45, 7) is 0.165. The second-order valence-electron chi connectivity index (χ2n) is 5.76. The van der Waals surface area contributed by atoms with Crippen LogP contribution < -0.4 is 11.2 Å². The first-order chi connectivity index (χ1) is 10.6. The van der Waals surface area contributed by atoms with Crippen molar-refractivity contribution in [1.29, 1.82) is 0 Å². The van der Waals surface area contributed by atoms with Crippen LogP contribution in [0.3, 0.4) is 0 Å². The van der Waals surface area contributed by atoms with E-state index in [1.165, 1.54) is 19.0 Å². The molecule has 0 radical (unpaired) electrons. The van der Waals surface area contributed by atoms with Crippen molar-refractivity contribution in [2.75, 3.05) is 20.6 Å². The number of carbonyl (C=O) groups excluding carboxylic acids is 1. The van der Waals surface area contributed by atoms with Crippen LogP contribution in [-0.2, 0) is 28.9 Å². The SMILES string of the molecule is CN(C)C(=O)C1CCCN1S(=O)(=O)c1cn(C)c(=O)n(C)c1=O. The van der Waals surface area contributed by atoms with Crippen molar-refractivity contribution in [2.45, 2.75) is 23.8 Å². The van der Waals surface area contributed by atoms with Crippen molar-refractivity contribution in [2.24, 2.45) is 14.1 Å². The molecule has 1 aromatic rings. The summed E-state index contributed by atoms with van der Waals surface area (Å²) in [6.07, 6.45) is 1.95. The molecule has 1 fully saturated rings. The van der Waals surface area contributed by atoms with E-state index in [9.17, 15) is 22.8 Å². The Morgan fingerprint density at radius 1 is 1.26 bits per heavy atom. The van der Waals surface area contributed by atoms with Gasteiger partial charge >= 0.3 is 5.69 Å². The number of amides is 1. The van der Waals surface area contributed by atoms with E-state index in [1.807, 2.05) is 0 Å². The van der Waals surface area contributed by atoms with Crippen molar-refractivity contribution in [3.63, 3.8) is 0 Å². The standard InChI is InChI=1S/C13H20N4O5S/c1-14(2)11(18)9-6-5-7-17(9)23(21,22)10-8-15(3)13(20)16(4)12(10)19/h8-9H,5-7H2,1-4H3. The van der Waals surface area contributed by atoms with E-state index in [4.69, 9.17) is 0 Å². The van der Waals surface area contributed by atoms with Gasteiger partial charge in [0, 0.05) is 40.9 Å². The Morgan fingerprint density at radius 3 is 2.43 bits per heavy atom. The fourth-order valence-corrected chi connectivity index (χ4v) is 4.45. The highest BCUT2D eigenvalue weighted by molar-refractivity contribution is 7.89. The Labute approximate surface area is 133 Å². The third kappa shape index (κ3) is 2.83. The summed E-state index contributed by atoms with van der Waals surface area (Å²) >= 11 is 0. The largest absolute Gasteiger partial charge is 0.347 e. The first-order valence-corrected chi connectivity index (χ1v) is 8.52. The third-order valence-electron chi connectivity index (χ3n) is 3.93. The van der Waals surface area contributed by atoms with Gasteiger partial charge in [-0.25, -0.2) is 13.2 Å². The maximum atomic E-state index is 12.8. The minimum Gasteiger partial charge on any atom is -0.347 e. The van der Waals surface area contributed by atoms with Crippen LogP contribution in [0.15, 0.2) is 20.7 Å². The zero-order valence-corrected chi connectivity index (χ0v) is 14.3. The van der Waals surface area contributed by atoms with Gasteiger partial charge in [-0.2, -0.15) is 4.31 Å². The van der Waals surface area contributed by atoms with Gasteiger partial charge in [-0.3, -0.25) is 14.2 Å². The molecule has 1 saturated heterocycles. The Bertz CT molecular complexity index is 852. The zero-order valence-electron chi connectivity index (χ0n) is 13.5. The van der Waals surface area contributed by atoms with Crippen LogP contribution in [0.4, 0.5) is 0 Å². The van der Waals surface area contributed by atoms with Crippen LogP contribution in [-0.4, -0.2) is 59.3 Å². The van der Waals surface area contributed by atoms with Gasteiger partial charge in [0.05, 0.1) is 0 Å². The first kappa shape index (κ1) is 17.4. The lowest BCUT2D eigenvalue weighted by atomic mass is 10.2. The smallest absolute Gasteiger partial charge is 0.330 e. The minimum atomic E-state index is -4.17. The summed E-state index contributed by atoms with van der Waals surface area (Å²) in [7, 11) is 1.53. The average Bonchev–Trinajstić information content (AvgIpc) is 2.97. The summed E-state index contributed by atoms with van der Waals surface area (Å²) in [5, 5.41) is 0. The highest BCUT2D eigenvalue weighted by atomic mass is 32.2. The number of sulfonamides is 1. The number of likely N-dealkylation sites (N-methyl/N-ethyl adjacent to an activating group) is 1. The Balaban J connectivity index is 2.57. The molecule has 0 saturated carbocycles. The van der Waals surface area contributed by atoms with Crippen LogP contribution in [0.25, 0.3) is 0 Å². The van der Waals surface area contributed by atoms with Crippen LogP contribution in [0.5, 0.6) is 0 Å². The number of nitrogens with zero attached hydrogens (tertiary/aromatic N) is 4. The first-order valence-electron chi connectivity index (χ1n) is 7.08. The molecule has 10 heteroatoms.